The summed E-state index contributed by atoms with van der Waals surface area (Å²) in [6.07, 6.45) is 0. The van der Waals surface area contributed by atoms with Crippen molar-refractivity contribution < 1.29 is 0 Å². The number of nitriles is 1. The van der Waals surface area contributed by atoms with Gasteiger partial charge in [-0.15, -0.1) is 0 Å². The van der Waals surface area contributed by atoms with Crippen LogP contribution in [0.5, 0.6) is 0 Å². The minimum atomic E-state index is 0.188. The van der Waals surface area contributed by atoms with Crippen LogP contribution in [0, 0.1) is 11.3 Å². The fraction of sp³-hybridized carbons (Fsp3) is 0.500. The first-order valence-corrected chi connectivity index (χ1v) is 5.19. The predicted molar refractivity (Wildman–Crippen MR) is 60.0 cm³/mol. The lowest BCUT2D eigenvalue weighted by Gasteiger charge is -2.10. The topological polar surface area (TPSA) is 61.6 Å². The molecule has 1 aromatic heterocycles. The first-order valence-electron chi connectivity index (χ1n) is 4.81. The Kier molecular flexibility index (Phi) is 3.87. The molecule has 0 aliphatic rings. The zero-order chi connectivity index (χ0) is 11.4. The summed E-state index contributed by atoms with van der Waals surface area (Å²) in [7, 11) is 0. The van der Waals surface area contributed by atoms with Crippen molar-refractivity contribution in [3.05, 3.63) is 16.5 Å². The van der Waals surface area contributed by atoms with Crippen molar-refractivity contribution in [1.29, 1.82) is 5.26 Å². The Balaban J connectivity index is 3.27. The molecule has 0 fully saturated rings. The molecular weight excluding hydrogens is 212 g/mol. The van der Waals surface area contributed by atoms with Gasteiger partial charge in [0, 0.05) is 12.5 Å². The van der Waals surface area contributed by atoms with Crippen LogP contribution in [0.4, 0.5) is 5.82 Å². The molecular formula is C10H13ClN4. The van der Waals surface area contributed by atoms with Gasteiger partial charge < -0.3 is 5.32 Å². The molecule has 1 rings (SSSR count). The molecule has 0 atom stereocenters. The number of nitrogens with zero attached hydrogens (tertiary/aromatic N) is 3. The van der Waals surface area contributed by atoms with Crippen molar-refractivity contribution in [2.75, 3.05) is 11.9 Å². The van der Waals surface area contributed by atoms with Crippen LogP contribution in [0.15, 0.2) is 0 Å². The Morgan fingerprint density at radius 3 is 2.60 bits per heavy atom. The highest BCUT2D eigenvalue weighted by Crippen LogP contribution is 2.22. The number of aromatic nitrogens is 2. The largest absolute Gasteiger partial charge is 0.369 e. The molecule has 0 aromatic carbocycles. The summed E-state index contributed by atoms with van der Waals surface area (Å²) in [5, 5.41) is 12.1. The molecule has 1 aromatic rings. The fourth-order valence-corrected chi connectivity index (χ4v) is 1.32. The Labute approximate surface area is 94.3 Å². The average molecular weight is 225 g/mol. The van der Waals surface area contributed by atoms with Crippen LogP contribution in [0.3, 0.4) is 0 Å². The molecule has 5 heteroatoms. The van der Waals surface area contributed by atoms with Crippen LogP contribution >= 0.6 is 11.6 Å². The third-order valence-corrected chi connectivity index (χ3v) is 2.13. The van der Waals surface area contributed by atoms with Gasteiger partial charge in [0.2, 0.25) is 0 Å². The van der Waals surface area contributed by atoms with Gasteiger partial charge in [0.15, 0.2) is 5.15 Å². The Bertz CT molecular complexity index is 395. The Morgan fingerprint density at radius 2 is 2.13 bits per heavy atom. The van der Waals surface area contributed by atoms with E-state index < -0.39 is 0 Å². The Hall–Kier alpha value is -1.34. The van der Waals surface area contributed by atoms with E-state index in [2.05, 4.69) is 15.3 Å². The standard InChI is InChI=1S/C10H13ClN4/c1-4-13-10-7(5-12)8(11)14-9(15-10)6(2)3/h6H,4H2,1-3H3,(H,13,14,15). The minimum absolute atomic E-state index is 0.188. The third-order valence-electron chi connectivity index (χ3n) is 1.85. The molecule has 0 bridgehead atoms. The van der Waals surface area contributed by atoms with Crippen LogP contribution in [-0.4, -0.2) is 16.5 Å². The summed E-state index contributed by atoms with van der Waals surface area (Å²) in [5.74, 6) is 1.35. The maximum atomic E-state index is 8.90. The smallest absolute Gasteiger partial charge is 0.152 e. The van der Waals surface area contributed by atoms with Crippen molar-refractivity contribution in [3.8, 4) is 6.07 Å². The normalized spacial score (nSPS) is 10.1. The Morgan fingerprint density at radius 1 is 1.47 bits per heavy atom. The third kappa shape index (κ3) is 2.57. The average Bonchev–Trinajstić information content (AvgIpc) is 2.17. The highest BCUT2D eigenvalue weighted by Gasteiger charge is 2.13. The minimum Gasteiger partial charge on any atom is -0.369 e. The lowest BCUT2D eigenvalue weighted by Crippen LogP contribution is -2.07. The molecule has 1 heterocycles. The van der Waals surface area contributed by atoms with Gasteiger partial charge in [-0.2, -0.15) is 5.26 Å². The van der Waals surface area contributed by atoms with E-state index in [0.717, 1.165) is 0 Å². The SMILES string of the molecule is CCNc1nc(C(C)C)nc(Cl)c1C#N. The van der Waals surface area contributed by atoms with Crippen LogP contribution in [0.25, 0.3) is 0 Å². The highest BCUT2D eigenvalue weighted by atomic mass is 35.5. The van der Waals surface area contributed by atoms with Crippen LogP contribution in [0.1, 0.15) is 38.1 Å². The van der Waals surface area contributed by atoms with E-state index in [1.165, 1.54) is 0 Å². The molecule has 0 saturated carbocycles. The molecule has 0 aliphatic carbocycles. The second-order valence-corrected chi connectivity index (χ2v) is 3.75. The maximum Gasteiger partial charge on any atom is 0.152 e. The summed E-state index contributed by atoms with van der Waals surface area (Å²) >= 11 is 5.90. The van der Waals surface area contributed by atoms with Gasteiger partial charge in [-0.25, -0.2) is 9.97 Å². The van der Waals surface area contributed by atoms with Crippen LogP contribution in [0.2, 0.25) is 5.15 Å². The molecule has 0 saturated heterocycles. The fourth-order valence-electron chi connectivity index (χ4n) is 1.10. The highest BCUT2D eigenvalue weighted by molar-refractivity contribution is 6.30. The number of hydrogen-bond donors (Lipinski definition) is 1. The summed E-state index contributed by atoms with van der Waals surface area (Å²) in [6, 6.07) is 2.00. The van der Waals surface area contributed by atoms with Gasteiger partial charge >= 0.3 is 0 Å². The van der Waals surface area contributed by atoms with Gasteiger partial charge in [0.1, 0.15) is 23.3 Å². The number of nitrogens with one attached hydrogen (secondary N) is 1. The van der Waals surface area contributed by atoms with E-state index in [4.69, 9.17) is 16.9 Å². The van der Waals surface area contributed by atoms with Crippen LogP contribution in [-0.2, 0) is 0 Å². The van der Waals surface area contributed by atoms with Gasteiger partial charge in [0.05, 0.1) is 0 Å². The number of rotatable bonds is 3. The molecule has 0 unspecified atom stereocenters. The van der Waals surface area contributed by atoms with Gasteiger partial charge in [-0.1, -0.05) is 25.4 Å². The quantitative estimate of drug-likeness (QED) is 0.802. The first kappa shape index (κ1) is 11.7. The molecule has 80 valence electrons. The van der Waals surface area contributed by atoms with E-state index in [1.807, 2.05) is 26.8 Å². The zero-order valence-corrected chi connectivity index (χ0v) is 9.76. The number of halogens is 1. The van der Waals surface area contributed by atoms with Crippen molar-refractivity contribution in [3.63, 3.8) is 0 Å². The van der Waals surface area contributed by atoms with Crippen molar-refractivity contribution in [1.82, 2.24) is 9.97 Å². The maximum absolute atomic E-state index is 8.90. The lowest BCUT2D eigenvalue weighted by atomic mass is 10.2. The molecule has 15 heavy (non-hydrogen) atoms. The van der Waals surface area contributed by atoms with Crippen molar-refractivity contribution >= 4 is 17.4 Å². The second-order valence-electron chi connectivity index (χ2n) is 3.39. The predicted octanol–water partition coefficient (Wildman–Crippen LogP) is 2.56. The summed E-state index contributed by atoms with van der Waals surface area (Å²) in [4.78, 5) is 8.34. The molecule has 4 nitrogen and oxygen atoms in total. The zero-order valence-electron chi connectivity index (χ0n) is 9.00. The van der Waals surface area contributed by atoms with E-state index >= 15 is 0 Å². The van der Waals surface area contributed by atoms with Crippen molar-refractivity contribution in [2.45, 2.75) is 26.7 Å². The second kappa shape index (κ2) is 4.94. The molecule has 0 spiro atoms. The van der Waals surface area contributed by atoms with E-state index in [9.17, 15) is 0 Å². The first-order chi connectivity index (χ1) is 7.10. The van der Waals surface area contributed by atoms with E-state index in [0.29, 0.717) is 23.8 Å². The molecule has 0 amide bonds. The molecule has 0 aliphatic heterocycles. The molecule has 1 N–H and O–H groups in total. The molecule has 0 radical (unpaired) electrons. The monoisotopic (exact) mass is 224 g/mol. The van der Waals surface area contributed by atoms with Gasteiger partial charge in [0.25, 0.3) is 0 Å². The van der Waals surface area contributed by atoms with E-state index in [1.54, 1.807) is 0 Å². The van der Waals surface area contributed by atoms with Gasteiger partial charge in [-0.3, -0.25) is 0 Å². The summed E-state index contributed by atoms with van der Waals surface area (Å²) in [6.45, 7) is 6.59. The summed E-state index contributed by atoms with van der Waals surface area (Å²) < 4.78 is 0. The van der Waals surface area contributed by atoms with Crippen LogP contribution < -0.4 is 5.32 Å². The summed E-state index contributed by atoms with van der Waals surface area (Å²) in [5.41, 5.74) is 0.308. The number of hydrogen-bond acceptors (Lipinski definition) is 4. The lowest BCUT2D eigenvalue weighted by molar-refractivity contribution is 0.774. The van der Waals surface area contributed by atoms with Crippen molar-refractivity contribution in [2.24, 2.45) is 0 Å². The number of anilines is 1. The van der Waals surface area contributed by atoms with Gasteiger partial charge in [-0.05, 0) is 6.92 Å². The van der Waals surface area contributed by atoms with E-state index in [-0.39, 0.29) is 11.1 Å².